The summed E-state index contributed by atoms with van der Waals surface area (Å²) in [7, 11) is -0.450. The fourth-order valence-electron chi connectivity index (χ4n) is 2.30. The van der Waals surface area contributed by atoms with Gasteiger partial charge in [0.25, 0.3) is 0 Å². The number of carbonyl (C=O) groups is 2. The van der Waals surface area contributed by atoms with E-state index in [0.717, 1.165) is 18.4 Å². The van der Waals surface area contributed by atoms with Crippen LogP contribution in [-0.2, 0) is 18.8 Å². The van der Waals surface area contributed by atoms with Crippen molar-refractivity contribution in [3.63, 3.8) is 0 Å². The zero-order valence-corrected chi connectivity index (χ0v) is 17.0. The molecule has 0 aromatic rings. The van der Waals surface area contributed by atoms with E-state index in [-0.39, 0.29) is 22.9 Å². The van der Waals surface area contributed by atoms with E-state index in [1.165, 1.54) is 7.11 Å². The van der Waals surface area contributed by atoms with Gasteiger partial charge < -0.3 is 9.16 Å². The van der Waals surface area contributed by atoms with Crippen LogP contribution >= 0.6 is 0 Å². The van der Waals surface area contributed by atoms with Crippen molar-refractivity contribution >= 4 is 20.1 Å². The molecule has 0 aromatic heterocycles. The number of Topliss-reactive ketones (excluding diaryl/α,β-unsaturated/α-hetero) is 1. The first-order valence-electron chi connectivity index (χ1n) is 8.70. The van der Waals surface area contributed by atoms with Crippen molar-refractivity contribution in [3.05, 3.63) is 23.8 Å². The maximum absolute atomic E-state index is 12.1. The van der Waals surface area contributed by atoms with E-state index in [0.29, 0.717) is 19.3 Å². The highest BCUT2D eigenvalue weighted by Gasteiger charge is 2.40. The molecule has 0 heterocycles. The maximum atomic E-state index is 12.1. The molecule has 0 saturated heterocycles. The predicted molar refractivity (Wildman–Crippen MR) is 99.4 cm³/mol. The summed E-state index contributed by atoms with van der Waals surface area (Å²) in [5, 5.41) is 0.145. The van der Waals surface area contributed by atoms with Gasteiger partial charge >= 0.3 is 5.97 Å². The topological polar surface area (TPSA) is 52.6 Å². The van der Waals surface area contributed by atoms with Gasteiger partial charge in [0.2, 0.25) is 0 Å². The summed E-state index contributed by atoms with van der Waals surface area (Å²) in [5.41, 5.74) is 0.850. The Morgan fingerprint density at radius 2 is 2.00 bits per heavy atom. The molecule has 0 aliphatic heterocycles. The van der Waals surface area contributed by atoms with E-state index >= 15 is 0 Å². The van der Waals surface area contributed by atoms with Crippen LogP contribution in [0.3, 0.4) is 0 Å². The Morgan fingerprint density at radius 1 is 1.33 bits per heavy atom. The van der Waals surface area contributed by atoms with Gasteiger partial charge in [0, 0.05) is 12.8 Å². The van der Waals surface area contributed by atoms with Crippen LogP contribution in [0.25, 0.3) is 0 Å². The molecule has 24 heavy (non-hydrogen) atoms. The largest absolute Gasteiger partial charge is 0.469 e. The molecule has 0 saturated carbocycles. The molecular weight excluding hydrogens is 320 g/mol. The van der Waals surface area contributed by atoms with Crippen LogP contribution in [0.1, 0.15) is 52.9 Å². The molecule has 1 atom stereocenters. The lowest BCUT2D eigenvalue weighted by atomic mass is 10.1. The molecule has 0 radical (unpaired) electrons. The van der Waals surface area contributed by atoms with E-state index in [9.17, 15) is 9.59 Å². The average Bonchev–Trinajstić information content (AvgIpc) is 2.80. The summed E-state index contributed by atoms with van der Waals surface area (Å²) in [6.07, 6.45) is 9.11. The van der Waals surface area contributed by atoms with Crippen molar-refractivity contribution in [3.8, 4) is 0 Å². The van der Waals surface area contributed by atoms with Crippen LogP contribution < -0.4 is 0 Å². The van der Waals surface area contributed by atoms with Crippen molar-refractivity contribution in [1.29, 1.82) is 0 Å². The second-order valence-electron chi connectivity index (χ2n) is 7.88. The molecule has 0 amide bonds. The van der Waals surface area contributed by atoms with Gasteiger partial charge in [-0.1, -0.05) is 32.9 Å². The van der Waals surface area contributed by atoms with E-state index in [1.807, 2.05) is 18.2 Å². The van der Waals surface area contributed by atoms with E-state index in [1.54, 1.807) is 0 Å². The molecule has 4 nitrogen and oxygen atoms in total. The van der Waals surface area contributed by atoms with Gasteiger partial charge in [0.05, 0.1) is 13.2 Å². The van der Waals surface area contributed by atoms with Crippen LogP contribution in [0.15, 0.2) is 23.8 Å². The lowest BCUT2D eigenvalue weighted by molar-refractivity contribution is -0.140. The van der Waals surface area contributed by atoms with Gasteiger partial charge in [-0.05, 0) is 49.0 Å². The summed E-state index contributed by atoms with van der Waals surface area (Å²) in [6.45, 7) is 11.0. The molecule has 1 aliphatic rings. The Labute approximate surface area is 147 Å². The van der Waals surface area contributed by atoms with Crippen molar-refractivity contribution in [2.24, 2.45) is 0 Å². The van der Waals surface area contributed by atoms with Gasteiger partial charge in [-0.3, -0.25) is 9.59 Å². The molecule has 5 heteroatoms. The summed E-state index contributed by atoms with van der Waals surface area (Å²) >= 11 is 0. The first-order chi connectivity index (χ1) is 11.1. The molecule has 0 spiro atoms. The monoisotopic (exact) mass is 352 g/mol. The zero-order chi connectivity index (χ0) is 18.4. The van der Waals surface area contributed by atoms with Crippen molar-refractivity contribution in [2.45, 2.75) is 77.1 Å². The SMILES string of the molecule is COC(=O)CCC/C=C\CC1=C[C@H](O[Si](C)(C)C(C)(C)C)CC1=O. The lowest BCUT2D eigenvalue weighted by Crippen LogP contribution is -2.43. The fourth-order valence-corrected chi connectivity index (χ4v) is 3.56. The van der Waals surface area contributed by atoms with Crippen molar-refractivity contribution in [1.82, 2.24) is 0 Å². The molecule has 0 N–H and O–H groups in total. The third-order valence-electron chi connectivity index (χ3n) is 4.87. The third-order valence-corrected chi connectivity index (χ3v) is 9.37. The third kappa shape index (κ3) is 6.36. The van der Waals surface area contributed by atoms with Crippen LogP contribution in [0.4, 0.5) is 0 Å². The van der Waals surface area contributed by atoms with Crippen molar-refractivity contribution in [2.75, 3.05) is 7.11 Å². The van der Waals surface area contributed by atoms with Gasteiger partial charge in [-0.15, -0.1) is 0 Å². The summed E-state index contributed by atoms with van der Waals surface area (Å²) in [4.78, 5) is 23.1. The first kappa shape index (κ1) is 20.8. The summed E-state index contributed by atoms with van der Waals surface area (Å²) in [6, 6.07) is 0. The molecule has 0 fully saturated rings. The highest BCUT2D eigenvalue weighted by molar-refractivity contribution is 6.74. The number of unbranched alkanes of at least 4 members (excludes halogenated alkanes) is 1. The quantitative estimate of drug-likeness (QED) is 0.278. The number of hydrogen-bond acceptors (Lipinski definition) is 4. The standard InChI is InChI=1S/C19H32O4Si/c1-19(2,3)24(5,6)23-16-13-15(17(20)14-16)11-9-7-8-10-12-18(21)22-4/h7,9,13,16H,8,10-12,14H2,1-6H3/b9-7-/t16-/m0/s1. The van der Waals surface area contributed by atoms with E-state index in [2.05, 4.69) is 38.6 Å². The molecule has 0 bridgehead atoms. The normalized spacial score (nSPS) is 19.0. The summed E-state index contributed by atoms with van der Waals surface area (Å²) in [5.74, 6) is 0.0145. The van der Waals surface area contributed by atoms with Gasteiger partial charge in [-0.25, -0.2) is 0 Å². The molecule has 136 valence electrons. The predicted octanol–water partition coefficient (Wildman–Crippen LogP) is 4.57. The average molecular weight is 353 g/mol. The Bertz CT molecular complexity index is 512. The number of methoxy groups -OCH3 is 1. The highest BCUT2D eigenvalue weighted by atomic mass is 28.4. The van der Waals surface area contributed by atoms with Gasteiger partial charge in [0.1, 0.15) is 0 Å². The Kier molecular flexibility index (Phi) is 7.61. The minimum atomic E-state index is -1.85. The maximum Gasteiger partial charge on any atom is 0.305 e. The molecule has 0 unspecified atom stereocenters. The molecule has 1 rings (SSSR count). The number of ether oxygens (including phenoxy) is 1. The highest BCUT2D eigenvalue weighted by Crippen LogP contribution is 2.38. The minimum absolute atomic E-state index is 0.0684. The molecule has 1 aliphatic carbocycles. The van der Waals surface area contributed by atoms with Crippen LogP contribution in [0, 0.1) is 0 Å². The first-order valence-corrected chi connectivity index (χ1v) is 11.6. The van der Waals surface area contributed by atoms with Gasteiger partial charge in [-0.2, -0.15) is 0 Å². The molecule has 0 aromatic carbocycles. The summed E-state index contributed by atoms with van der Waals surface area (Å²) < 4.78 is 10.9. The number of allylic oxidation sites excluding steroid dienone is 3. The smallest absolute Gasteiger partial charge is 0.305 e. The lowest BCUT2D eigenvalue weighted by Gasteiger charge is -2.37. The number of ketones is 1. The number of rotatable bonds is 8. The Hall–Kier alpha value is -1.20. The Balaban J connectivity index is 2.46. The van der Waals surface area contributed by atoms with Crippen LogP contribution in [-0.4, -0.2) is 33.3 Å². The zero-order valence-electron chi connectivity index (χ0n) is 16.0. The minimum Gasteiger partial charge on any atom is -0.469 e. The van der Waals surface area contributed by atoms with Gasteiger partial charge in [0.15, 0.2) is 14.1 Å². The second-order valence-corrected chi connectivity index (χ2v) is 12.6. The Morgan fingerprint density at radius 3 is 2.58 bits per heavy atom. The van der Waals surface area contributed by atoms with Crippen LogP contribution in [0.5, 0.6) is 0 Å². The number of hydrogen-bond donors (Lipinski definition) is 0. The number of carbonyl (C=O) groups excluding carboxylic acids is 2. The second kappa shape index (κ2) is 8.76. The van der Waals surface area contributed by atoms with Crippen molar-refractivity contribution < 1.29 is 18.8 Å². The number of esters is 1. The van der Waals surface area contributed by atoms with Crippen LogP contribution in [0.2, 0.25) is 18.1 Å². The molecular formula is C19H32O4Si. The fraction of sp³-hybridized carbons (Fsp3) is 0.684. The van der Waals surface area contributed by atoms with E-state index < -0.39 is 8.32 Å². The van der Waals surface area contributed by atoms with E-state index in [4.69, 9.17) is 4.43 Å².